The maximum Gasteiger partial charge on any atom is 0.320 e. The van der Waals surface area contributed by atoms with Gasteiger partial charge in [0, 0.05) is 38.8 Å². The number of nitrogens with zero attached hydrogens (tertiary/aromatic N) is 4. The van der Waals surface area contributed by atoms with E-state index in [0.717, 1.165) is 5.56 Å². The first-order valence-corrected chi connectivity index (χ1v) is 15.2. The van der Waals surface area contributed by atoms with Crippen LogP contribution in [0.25, 0.3) is 0 Å². The predicted octanol–water partition coefficient (Wildman–Crippen LogP) is 4.28. The molecule has 240 valence electrons. The summed E-state index contributed by atoms with van der Waals surface area (Å²) in [7, 11) is 0. The van der Waals surface area contributed by atoms with Crippen LogP contribution in [0.15, 0.2) is 29.3 Å². The molecule has 1 aliphatic rings. The van der Waals surface area contributed by atoms with Crippen molar-refractivity contribution in [1.82, 2.24) is 14.7 Å². The highest BCUT2D eigenvalue weighted by Crippen LogP contribution is 2.19. The summed E-state index contributed by atoms with van der Waals surface area (Å²) in [5, 5.41) is 2.38. The van der Waals surface area contributed by atoms with Crippen LogP contribution in [-0.4, -0.2) is 113 Å². The molecule has 1 heterocycles. The van der Waals surface area contributed by atoms with E-state index in [9.17, 15) is 14.4 Å². The fourth-order valence-corrected chi connectivity index (χ4v) is 4.84. The van der Waals surface area contributed by atoms with Gasteiger partial charge in [-0.05, 0) is 98.6 Å². The van der Waals surface area contributed by atoms with E-state index < -0.39 is 16.8 Å². The van der Waals surface area contributed by atoms with Crippen LogP contribution in [0.2, 0.25) is 0 Å². The van der Waals surface area contributed by atoms with Crippen LogP contribution in [0.5, 0.6) is 0 Å². The molecular formula is C32H50N4O6S. The molecule has 0 N–H and O–H groups in total. The van der Waals surface area contributed by atoms with Gasteiger partial charge in [0.25, 0.3) is 0 Å². The Hall–Kier alpha value is -2.69. The molecule has 0 aromatic heterocycles. The summed E-state index contributed by atoms with van der Waals surface area (Å²) in [6, 6.07) is 7.58. The number of thiocarbonyl (C=S) groups is 1. The quantitative estimate of drug-likeness (QED) is 0.173. The third-order valence-electron chi connectivity index (χ3n) is 6.30. The number of benzene rings is 1. The van der Waals surface area contributed by atoms with Gasteiger partial charge < -0.3 is 14.2 Å². The second-order valence-corrected chi connectivity index (χ2v) is 14.2. The zero-order chi connectivity index (χ0) is 32.4. The van der Waals surface area contributed by atoms with Crippen LogP contribution in [-0.2, 0) is 35.0 Å². The Morgan fingerprint density at radius 1 is 0.744 bits per heavy atom. The lowest BCUT2D eigenvalue weighted by molar-refractivity contribution is -0.158. The average molecular weight is 619 g/mol. The van der Waals surface area contributed by atoms with E-state index in [2.05, 4.69) is 15.1 Å². The van der Waals surface area contributed by atoms with E-state index in [1.807, 2.05) is 96.4 Å². The Kier molecular flexibility index (Phi) is 13.5. The summed E-state index contributed by atoms with van der Waals surface area (Å²) in [5.41, 5.74) is -0.0885. The molecule has 1 aliphatic heterocycles. The summed E-state index contributed by atoms with van der Waals surface area (Å²) >= 11 is 4.73. The van der Waals surface area contributed by atoms with Crippen LogP contribution < -0.4 is 0 Å². The number of hydrogen-bond acceptors (Lipinski definition) is 11. The monoisotopic (exact) mass is 618 g/mol. The normalized spacial score (nSPS) is 18.0. The highest BCUT2D eigenvalue weighted by atomic mass is 32.1. The second-order valence-electron chi connectivity index (χ2n) is 14.0. The largest absolute Gasteiger partial charge is 0.459 e. The van der Waals surface area contributed by atoms with Crippen molar-refractivity contribution in [3.8, 4) is 0 Å². The molecule has 0 saturated carbocycles. The first-order valence-electron chi connectivity index (χ1n) is 14.8. The highest BCUT2D eigenvalue weighted by Gasteiger charge is 2.31. The standard InChI is InChI=1S/C32H50N4O6S/c1-30(2,3)40-27(37)20-34-14-15-35(21-28(38)41-31(4,5)6)19-26(18-24-10-12-25(13-11-24)33-23-43)36(17-16-34)22-29(39)42-32(7,8)9/h10-13,26H,14-22H2,1-9H3/t26-/m0/s1. The number of aliphatic imine (C=N–C) groups is 1. The van der Waals surface area contributed by atoms with Crippen molar-refractivity contribution in [3.63, 3.8) is 0 Å². The number of hydrogen-bond donors (Lipinski definition) is 0. The average Bonchev–Trinajstić information content (AvgIpc) is 2.88. The summed E-state index contributed by atoms with van der Waals surface area (Å²) in [6.45, 7) is 19.4. The van der Waals surface area contributed by atoms with Crippen molar-refractivity contribution < 1.29 is 28.6 Å². The van der Waals surface area contributed by atoms with Crippen molar-refractivity contribution >= 4 is 41.0 Å². The van der Waals surface area contributed by atoms with Crippen LogP contribution >= 0.6 is 12.2 Å². The fourth-order valence-electron chi connectivity index (χ4n) is 4.74. The Morgan fingerprint density at radius 3 is 1.67 bits per heavy atom. The number of esters is 3. The Bertz CT molecular complexity index is 1130. The van der Waals surface area contributed by atoms with Gasteiger partial charge in [0.2, 0.25) is 0 Å². The predicted molar refractivity (Wildman–Crippen MR) is 171 cm³/mol. The Labute approximate surface area is 262 Å². The van der Waals surface area contributed by atoms with Gasteiger partial charge in [0.15, 0.2) is 0 Å². The lowest BCUT2D eigenvalue weighted by Crippen LogP contribution is -2.50. The number of isothiocyanates is 1. The lowest BCUT2D eigenvalue weighted by Gasteiger charge is -2.35. The van der Waals surface area contributed by atoms with Gasteiger partial charge in [0.05, 0.1) is 30.5 Å². The van der Waals surface area contributed by atoms with Gasteiger partial charge in [-0.25, -0.2) is 0 Å². The van der Waals surface area contributed by atoms with Crippen molar-refractivity contribution in [1.29, 1.82) is 0 Å². The molecule has 1 atom stereocenters. The molecule has 10 nitrogen and oxygen atoms in total. The van der Waals surface area contributed by atoms with E-state index in [-0.39, 0.29) is 43.6 Å². The third kappa shape index (κ3) is 15.6. The second kappa shape index (κ2) is 15.9. The first kappa shape index (κ1) is 36.5. The number of rotatable bonds is 9. The smallest absolute Gasteiger partial charge is 0.320 e. The molecule has 0 unspecified atom stereocenters. The van der Waals surface area contributed by atoms with Crippen LogP contribution in [0, 0.1) is 0 Å². The maximum absolute atomic E-state index is 13.1. The van der Waals surface area contributed by atoms with Gasteiger partial charge in [0.1, 0.15) is 16.8 Å². The topological polar surface area (TPSA) is 101 Å². The van der Waals surface area contributed by atoms with Gasteiger partial charge in [-0.1, -0.05) is 12.1 Å². The highest BCUT2D eigenvalue weighted by molar-refractivity contribution is 7.78. The van der Waals surface area contributed by atoms with E-state index in [1.165, 1.54) is 0 Å². The zero-order valence-corrected chi connectivity index (χ0v) is 28.2. The molecule has 11 heteroatoms. The number of carbonyl (C=O) groups excluding carboxylic acids is 3. The third-order valence-corrected chi connectivity index (χ3v) is 6.39. The summed E-state index contributed by atoms with van der Waals surface area (Å²) < 4.78 is 16.9. The van der Waals surface area contributed by atoms with Crippen LogP contribution in [0.1, 0.15) is 67.9 Å². The zero-order valence-electron chi connectivity index (χ0n) is 27.4. The van der Waals surface area contributed by atoms with E-state index in [4.69, 9.17) is 26.4 Å². The molecule has 0 aliphatic carbocycles. The molecule has 0 spiro atoms. The number of ether oxygens (including phenoxy) is 3. The van der Waals surface area contributed by atoms with E-state index in [1.54, 1.807) is 0 Å². The van der Waals surface area contributed by atoms with Crippen molar-refractivity contribution in [2.24, 2.45) is 4.99 Å². The van der Waals surface area contributed by atoms with E-state index >= 15 is 0 Å². The van der Waals surface area contributed by atoms with Gasteiger partial charge >= 0.3 is 17.9 Å². The van der Waals surface area contributed by atoms with Crippen molar-refractivity contribution in [2.45, 2.75) is 91.6 Å². The molecule has 0 radical (unpaired) electrons. The minimum Gasteiger partial charge on any atom is -0.459 e. The Balaban J connectivity index is 2.41. The first-order chi connectivity index (χ1) is 19.8. The summed E-state index contributed by atoms with van der Waals surface area (Å²) in [6.07, 6.45) is 0.612. The maximum atomic E-state index is 13.1. The van der Waals surface area contributed by atoms with Crippen molar-refractivity contribution in [2.75, 3.05) is 52.4 Å². The Morgan fingerprint density at radius 2 is 1.19 bits per heavy atom. The van der Waals surface area contributed by atoms with Crippen molar-refractivity contribution in [3.05, 3.63) is 29.8 Å². The fraction of sp³-hybridized carbons (Fsp3) is 0.688. The molecule has 0 bridgehead atoms. The van der Waals surface area contributed by atoms with Crippen LogP contribution in [0.4, 0.5) is 5.69 Å². The molecule has 1 saturated heterocycles. The van der Waals surface area contributed by atoms with Crippen LogP contribution in [0.3, 0.4) is 0 Å². The molecule has 2 rings (SSSR count). The lowest BCUT2D eigenvalue weighted by atomic mass is 10.0. The van der Waals surface area contributed by atoms with Gasteiger partial charge in [-0.2, -0.15) is 4.99 Å². The molecule has 1 aromatic carbocycles. The van der Waals surface area contributed by atoms with E-state index in [0.29, 0.717) is 44.8 Å². The SMILES string of the molecule is CC(C)(C)OC(=O)CN1CCN(CC(=O)OC(C)(C)C)C[C@H](Cc2ccc(N=C=S)cc2)N(CC(=O)OC(C)(C)C)CC1. The van der Waals surface area contributed by atoms with Gasteiger partial charge in [-0.15, -0.1) is 0 Å². The summed E-state index contributed by atoms with van der Waals surface area (Å²) in [4.78, 5) is 49.0. The number of carbonyl (C=O) groups is 3. The summed E-state index contributed by atoms with van der Waals surface area (Å²) in [5.74, 6) is -0.982. The molecular weight excluding hydrogens is 568 g/mol. The molecule has 1 fully saturated rings. The molecule has 43 heavy (non-hydrogen) atoms. The minimum absolute atomic E-state index is 0.0653. The minimum atomic E-state index is -0.629. The van der Waals surface area contributed by atoms with Gasteiger partial charge in [-0.3, -0.25) is 29.1 Å². The molecule has 0 amide bonds. The molecule has 1 aromatic rings.